The Hall–Kier alpha value is -1.88. The van der Waals surface area contributed by atoms with Gasteiger partial charge in [0.05, 0.1) is 11.3 Å². The first-order chi connectivity index (χ1) is 8.99. The predicted molar refractivity (Wildman–Crippen MR) is 75.6 cm³/mol. The first kappa shape index (κ1) is 13.5. The lowest BCUT2D eigenvalue weighted by Gasteiger charge is -2.21. The second-order valence-electron chi connectivity index (χ2n) is 4.00. The van der Waals surface area contributed by atoms with Crippen LogP contribution in [-0.2, 0) is 0 Å². The van der Waals surface area contributed by atoms with E-state index < -0.39 is 5.97 Å². The van der Waals surface area contributed by atoms with Crippen molar-refractivity contribution in [1.82, 2.24) is 0 Å². The molecule has 0 radical (unpaired) electrons. The molecule has 0 saturated carbocycles. The van der Waals surface area contributed by atoms with E-state index in [-0.39, 0.29) is 11.4 Å². The van der Waals surface area contributed by atoms with E-state index >= 15 is 0 Å². The Kier molecular flexibility index (Phi) is 3.85. The van der Waals surface area contributed by atoms with Crippen molar-refractivity contribution in [3.8, 4) is 0 Å². The van der Waals surface area contributed by atoms with Crippen LogP contribution in [0.15, 0.2) is 46.9 Å². The maximum absolute atomic E-state index is 12.9. The van der Waals surface area contributed by atoms with Crippen LogP contribution in [0.5, 0.6) is 0 Å². The fourth-order valence-electron chi connectivity index (χ4n) is 1.77. The molecule has 0 bridgehead atoms. The minimum Gasteiger partial charge on any atom is -0.478 e. The highest BCUT2D eigenvalue weighted by Gasteiger charge is 2.15. The van der Waals surface area contributed by atoms with Crippen LogP contribution in [0, 0.1) is 5.82 Å². The lowest BCUT2D eigenvalue weighted by atomic mass is 10.1. The minimum absolute atomic E-state index is 0.190. The highest BCUT2D eigenvalue weighted by molar-refractivity contribution is 9.10. The SMILES string of the molecule is CN(c1ccc(F)cc1)c1cc(Br)ccc1C(=O)O. The largest absolute Gasteiger partial charge is 0.478 e. The van der Waals surface area contributed by atoms with Crippen molar-refractivity contribution in [2.75, 3.05) is 11.9 Å². The van der Waals surface area contributed by atoms with Gasteiger partial charge in [0.15, 0.2) is 0 Å². The fourth-order valence-corrected chi connectivity index (χ4v) is 2.12. The number of hydrogen-bond donors (Lipinski definition) is 1. The third kappa shape index (κ3) is 2.93. The van der Waals surface area contributed by atoms with E-state index in [2.05, 4.69) is 15.9 Å². The third-order valence-corrected chi connectivity index (χ3v) is 3.26. The molecule has 1 N–H and O–H groups in total. The molecule has 2 aromatic carbocycles. The van der Waals surface area contributed by atoms with Crippen LogP contribution < -0.4 is 4.90 Å². The molecule has 0 unspecified atom stereocenters. The van der Waals surface area contributed by atoms with E-state index in [4.69, 9.17) is 0 Å². The Morgan fingerprint density at radius 3 is 2.42 bits per heavy atom. The summed E-state index contributed by atoms with van der Waals surface area (Å²) >= 11 is 3.32. The van der Waals surface area contributed by atoms with Gasteiger partial charge < -0.3 is 10.0 Å². The Labute approximate surface area is 118 Å². The highest BCUT2D eigenvalue weighted by Crippen LogP contribution is 2.30. The molecule has 2 aromatic rings. The maximum Gasteiger partial charge on any atom is 0.337 e. The number of hydrogen-bond acceptors (Lipinski definition) is 2. The molecule has 0 amide bonds. The normalized spacial score (nSPS) is 10.3. The van der Waals surface area contributed by atoms with Gasteiger partial charge in [0.2, 0.25) is 0 Å². The lowest BCUT2D eigenvalue weighted by molar-refractivity contribution is 0.0697. The summed E-state index contributed by atoms with van der Waals surface area (Å²) in [5, 5.41) is 9.19. The zero-order valence-electron chi connectivity index (χ0n) is 10.1. The Balaban J connectivity index is 2.48. The van der Waals surface area contributed by atoms with Crippen LogP contribution in [-0.4, -0.2) is 18.1 Å². The van der Waals surface area contributed by atoms with E-state index in [1.807, 2.05) is 0 Å². The van der Waals surface area contributed by atoms with Gasteiger partial charge in [-0.05, 0) is 42.5 Å². The predicted octanol–water partition coefficient (Wildman–Crippen LogP) is 4.05. The van der Waals surface area contributed by atoms with Crippen LogP contribution in [0.2, 0.25) is 0 Å². The van der Waals surface area contributed by atoms with Crippen molar-refractivity contribution in [1.29, 1.82) is 0 Å². The summed E-state index contributed by atoms with van der Waals surface area (Å²) < 4.78 is 13.7. The molecule has 5 heteroatoms. The number of aromatic carboxylic acids is 1. The molecule has 0 heterocycles. The number of carboxylic acids is 1. The van der Waals surface area contributed by atoms with Crippen LogP contribution in [0.3, 0.4) is 0 Å². The van der Waals surface area contributed by atoms with Gasteiger partial charge in [0, 0.05) is 17.2 Å². The molecule has 0 saturated heterocycles. The Morgan fingerprint density at radius 1 is 1.21 bits per heavy atom. The van der Waals surface area contributed by atoms with Crippen molar-refractivity contribution >= 4 is 33.3 Å². The third-order valence-electron chi connectivity index (χ3n) is 2.77. The molecule has 98 valence electrons. The first-order valence-corrected chi connectivity index (χ1v) is 6.30. The van der Waals surface area contributed by atoms with Crippen LogP contribution in [0.25, 0.3) is 0 Å². The minimum atomic E-state index is -1.00. The summed E-state index contributed by atoms with van der Waals surface area (Å²) in [5.74, 6) is -1.33. The van der Waals surface area contributed by atoms with E-state index in [1.54, 1.807) is 36.2 Å². The number of benzene rings is 2. The average molecular weight is 324 g/mol. The number of halogens is 2. The van der Waals surface area contributed by atoms with Crippen molar-refractivity contribution in [2.24, 2.45) is 0 Å². The molecule has 0 aliphatic carbocycles. The molecule has 0 spiro atoms. The summed E-state index contributed by atoms with van der Waals surface area (Å²) in [5.41, 5.74) is 1.44. The van der Waals surface area contributed by atoms with Crippen molar-refractivity contribution in [3.05, 3.63) is 58.3 Å². The van der Waals surface area contributed by atoms with E-state index in [9.17, 15) is 14.3 Å². The van der Waals surface area contributed by atoms with Crippen LogP contribution in [0.4, 0.5) is 15.8 Å². The summed E-state index contributed by atoms with van der Waals surface area (Å²) in [6.45, 7) is 0. The Bertz CT molecular complexity index is 613. The second-order valence-corrected chi connectivity index (χ2v) is 4.92. The second kappa shape index (κ2) is 5.40. The summed E-state index contributed by atoms with van der Waals surface area (Å²) in [6.07, 6.45) is 0. The molecule has 0 aliphatic heterocycles. The van der Waals surface area contributed by atoms with Gasteiger partial charge >= 0.3 is 5.97 Å². The number of nitrogens with zero attached hydrogens (tertiary/aromatic N) is 1. The number of carbonyl (C=O) groups is 1. The molecular weight excluding hydrogens is 313 g/mol. The van der Waals surface area contributed by atoms with E-state index in [0.29, 0.717) is 11.4 Å². The molecule has 2 rings (SSSR count). The van der Waals surface area contributed by atoms with Gasteiger partial charge in [-0.15, -0.1) is 0 Å². The fraction of sp³-hybridized carbons (Fsp3) is 0.0714. The van der Waals surface area contributed by atoms with Gasteiger partial charge in [-0.3, -0.25) is 0 Å². The standard InChI is InChI=1S/C14H11BrFNO2/c1-17(11-5-3-10(16)4-6-11)13-8-9(15)2-7-12(13)14(18)19/h2-8H,1H3,(H,18,19). The topological polar surface area (TPSA) is 40.5 Å². The van der Waals surface area contributed by atoms with E-state index in [1.165, 1.54) is 18.2 Å². The molecule has 0 fully saturated rings. The number of rotatable bonds is 3. The molecule has 0 atom stereocenters. The van der Waals surface area contributed by atoms with Crippen LogP contribution in [0.1, 0.15) is 10.4 Å². The summed E-state index contributed by atoms with van der Waals surface area (Å²) in [4.78, 5) is 12.9. The zero-order chi connectivity index (χ0) is 14.0. The van der Waals surface area contributed by atoms with Crippen LogP contribution >= 0.6 is 15.9 Å². The number of anilines is 2. The van der Waals surface area contributed by atoms with Crippen molar-refractivity contribution in [2.45, 2.75) is 0 Å². The van der Waals surface area contributed by atoms with Crippen molar-refractivity contribution in [3.63, 3.8) is 0 Å². The summed E-state index contributed by atoms with van der Waals surface area (Å²) in [6, 6.07) is 10.8. The zero-order valence-corrected chi connectivity index (χ0v) is 11.7. The number of carboxylic acid groups (broad SMARTS) is 1. The molecule has 3 nitrogen and oxygen atoms in total. The average Bonchev–Trinajstić information content (AvgIpc) is 2.38. The lowest BCUT2D eigenvalue weighted by Crippen LogP contribution is -2.14. The molecular formula is C14H11BrFNO2. The maximum atomic E-state index is 12.9. The van der Waals surface area contributed by atoms with E-state index in [0.717, 1.165) is 4.47 Å². The molecule has 0 aliphatic rings. The Morgan fingerprint density at radius 2 is 1.84 bits per heavy atom. The quantitative estimate of drug-likeness (QED) is 0.926. The van der Waals surface area contributed by atoms with Gasteiger partial charge in [-0.2, -0.15) is 0 Å². The van der Waals surface area contributed by atoms with Gasteiger partial charge in [0.1, 0.15) is 5.82 Å². The molecule has 19 heavy (non-hydrogen) atoms. The smallest absolute Gasteiger partial charge is 0.337 e. The first-order valence-electron chi connectivity index (χ1n) is 5.51. The van der Waals surface area contributed by atoms with Gasteiger partial charge in [0.25, 0.3) is 0 Å². The summed E-state index contributed by atoms with van der Waals surface area (Å²) in [7, 11) is 1.74. The van der Waals surface area contributed by atoms with Crippen molar-refractivity contribution < 1.29 is 14.3 Å². The highest BCUT2D eigenvalue weighted by atomic mass is 79.9. The van der Waals surface area contributed by atoms with Gasteiger partial charge in [-0.1, -0.05) is 15.9 Å². The van der Waals surface area contributed by atoms with Gasteiger partial charge in [-0.25, -0.2) is 9.18 Å². The molecule has 0 aromatic heterocycles. The monoisotopic (exact) mass is 323 g/mol.